The fraction of sp³-hybridized carbons (Fsp3) is 1.00. The Hall–Kier alpha value is -0.160. The van der Waals surface area contributed by atoms with Crippen LogP contribution in [0.2, 0.25) is 0 Å². The van der Waals surface area contributed by atoms with Crippen molar-refractivity contribution >= 4 is 0 Å². The van der Waals surface area contributed by atoms with Crippen LogP contribution < -0.4 is 5.32 Å². The minimum Gasteiger partial charge on any atom is -0.395 e. The first kappa shape index (κ1) is 16.2. The molecule has 2 N–H and O–H groups in total. The molecule has 0 unspecified atom stereocenters. The van der Waals surface area contributed by atoms with Gasteiger partial charge in [-0.05, 0) is 51.9 Å². The highest BCUT2D eigenvalue weighted by atomic mass is 16.5. The van der Waals surface area contributed by atoms with Crippen LogP contribution in [0.3, 0.4) is 0 Å². The van der Waals surface area contributed by atoms with E-state index in [-0.39, 0.29) is 12.1 Å². The van der Waals surface area contributed by atoms with E-state index >= 15 is 0 Å². The Bertz CT molecular complexity index is 291. The lowest BCUT2D eigenvalue weighted by Crippen LogP contribution is -2.51. The van der Waals surface area contributed by atoms with Gasteiger partial charge in [-0.25, -0.2) is 0 Å². The highest BCUT2D eigenvalue weighted by Gasteiger charge is 2.39. The second-order valence-corrected chi connectivity index (χ2v) is 7.64. The Kier molecular flexibility index (Phi) is 5.46. The highest BCUT2D eigenvalue weighted by molar-refractivity contribution is 4.93. The minimum atomic E-state index is 0.159. The summed E-state index contributed by atoms with van der Waals surface area (Å²) in [5, 5.41) is 13.0. The predicted octanol–water partition coefficient (Wildman–Crippen LogP) is 1.63. The van der Waals surface area contributed by atoms with Crippen molar-refractivity contribution in [1.82, 2.24) is 10.2 Å². The second kappa shape index (κ2) is 6.73. The predicted molar refractivity (Wildman–Crippen MR) is 81.9 cm³/mol. The van der Waals surface area contributed by atoms with Gasteiger partial charge in [-0.15, -0.1) is 0 Å². The van der Waals surface area contributed by atoms with E-state index in [1.807, 2.05) is 0 Å². The van der Waals surface area contributed by atoms with Gasteiger partial charge in [0.25, 0.3) is 0 Å². The first-order valence-electron chi connectivity index (χ1n) is 8.12. The number of ether oxygens (including phenoxy) is 1. The van der Waals surface area contributed by atoms with Crippen LogP contribution in [0, 0.1) is 5.41 Å². The van der Waals surface area contributed by atoms with E-state index in [4.69, 9.17) is 4.74 Å². The summed E-state index contributed by atoms with van der Waals surface area (Å²) in [4.78, 5) is 2.51. The first-order chi connectivity index (χ1) is 9.44. The lowest BCUT2D eigenvalue weighted by Gasteiger charge is -2.43. The van der Waals surface area contributed by atoms with Gasteiger partial charge in [0.1, 0.15) is 0 Å². The number of hydrogen-bond acceptors (Lipinski definition) is 4. The van der Waals surface area contributed by atoms with Crippen molar-refractivity contribution < 1.29 is 9.84 Å². The van der Waals surface area contributed by atoms with Crippen LogP contribution in [0.25, 0.3) is 0 Å². The van der Waals surface area contributed by atoms with E-state index in [2.05, 4.69) is 31.0 Å². The van der Waals surface area contributed by atoms with Crippen LogP contribution in [0.15, 0.2) is 0 Å². The molecule has 2 rings (SSSR count). The van der Waals surface area contributed by atoms with Gasteiger partial charge in [-0.1, -0.05) is 0 Å². The third-order valence-electron chi connectivity index (χ3n) is 4.54. The van der Waals surface area contributed by atoms with E-state index in [1.165, 1.54) is 12.8 Å². The standard InChI is InChI=1S/C16H32N2O2/c1-15(2,3)17-12-16(6-10-20-11-7-16)13-18(8-9-19)14-4-5-14/h14,17,19H,4-13H2,1-3H3. The molecule has 2 aliphatic rings. The number of hydrogen-bond donors (Lipinski definition) is 2. The molecule has 1 aliphatic heterocycles. The Morgan fingerprint density at radius 1 is 1.25 bits per heavy atom. The van der Waals surface area contributed by atoms with Crippen LogP contribution >= 0.6 is 0 Å². The summed E-state index contributed by atoms with van der Waals surface area (Å²) in [7, 11) is 0. The molecular formula is C16H32N2O2. The Morgan fingerprint density at radius 2 is 1.90 bits per heavy atom. The summed E-state index contributed by atoms with van der Waals surface area (Å²) in [5.74, 6) is 0. The smallest absolute Gasteiger partial charge is 0.0558 e. The molecule has 0 amide bonds. The summed E-state index contributed by atoms with van der Waals surface area (Å²) in [6.45, 7) is 11.7. The number of rotatable bonds is 7. The Labute approximate surface area is 123 Å². The van der Waals surface area contributed by atoms with Gasteiger partial charge in [-0.2, -0.15) is 0 Å². The van der Waals surface area contributed by atoms with Gasteiger partial charge >= 0.3 is 0 Å². The molecule has 0 atom stereocenters. The highest BCUT2D eigenvalue weighted by Crippen LogP contribution is 2.35. The number of aliphatic hydroxyl groups is 1. The Balaban J connectivity index is 1.97. The van der Waals surface area contributed by atoms with E-state index < -0.39 is 0 Å². The molecule has 4 nitrogen and oxygen atoms in total. The number of nitrogens with one attached hydrogen (secondary N) is 1. The molecule has 0 aromatic rings. The fourth-order valence-corrected chi connectivity index (χ4v) is 3.04. The van der Waals surface area contributed by atoms with Crippen molar-refractivity contribution in [2.24, 2.45) is 5.41 Å². The van der Waals surface area contributed by atoms with Crippen molar-refractivity contribution in [1.29, 1.82) is 0 Å². The van der Waals surface area contributed by atoms with E-state index in [9.17, 15) is 5.11 Å². The van der Waals surface area contributed by atoms with Crippen molar-refractivity contribution in [3.8, 4) is 0 Å². The van der Waals surface area contributed by atoms with E-state index in [0.717, 1.165) is 51.7 Å². The van der Waals surface area contributed by atoms with Crippen LogP contribution in [-0.4, -0.2) is 61.0 Å². The van der Waals surface area contributed by atoms with E-state index in [0.29, 0.717) is 5.41 Å². The van der Waals surface area contributed by atoms with Crippen molar-refractivity contribution in [3.05, 3.63) is 0 Å². The maximum Gasteiger partial charge on any atom is 0.0558 e. The third-order valence-corrected chi connectivity index (χ3v) is 4.54. The van der Waals surface area contributed by atoms with Gasteiger partial charge < -0.3 is 15.2 Å². The number of nitrogens with zero attached hydrogens (tertiary/aromatic N) is 1. The van der Waals surface area contributed by atoms with Gasteiger partial charge in [0.2, 0.25) is 0 Å². The minimum absolute atomic E-state index is 0.159. The molecule has 4 heteroatoms. The van der Waals surface area contributed by atoms with Crippen LogP contribution in [0.5, 0.6) is 0 Å². The molecular weight excluding hydrogens is 252 g/mol. The molecule has 0 aromatic carbocycles. The summed E-state index contributed by atoms with van der Waals surface area (Å²) < 4.78 is 5.58. The average Bonchev–Trinajstić information content (AvgIpc) is 3.21. The average molecular weight is 284 g/mol. The van der Waals surface area contributed by atoms with Gasteiger partial charge in [0.05, 0.1) is 6.61 Å². The maximum atomic E-state index is 9.30. The molecule has 2 fully saturated rings. The molecule has 0 bridgehead atoms. The van der Waals surface area contributed by atoms with Gasteiger partial charge in [0.15, 0.2) is 0 Å². The molecule has 20 heavy (non-hydrogen) atoms. The van der Waals surface area contributed by atoms with Crippen LogP contribution in [-0.2, 0) is 4.74 Å². The zero-order valence-corrected chi connectivity index (χ0v) is 13.5. The normalized spacial score (nSPS) is 23.2. The van der Waals surface area contributed by atoms with E-state index in [1.54, 1.807) is 0 Å². The van der Waals surface area contributed by atoms with Crippen molar-refractivity contribution in [3.63, 3.8) is 0 Å². The van der Waals surface area contributed by atoms with Crippen LogP contribution in [0.1, 0.15) is 46.5 Å². The molecule has 118 valence electrons. The number of aliphatic hydroxyl groups excluding tert-OH is 1. The molecule has 1 saturated heterocycles. The molecule has 1 aliphatic carbocycles. The summed E-state index contributed by atoms with van der Waals surface area (Å²) in [6.07, 6.45) is 4.87. The zero-order chi connectivity index (χ0) is 14.6. The summed E-state index contributed by atoms with van der Waals surface area (Å²) >= 11 is 0. The van der Waals surface area contributed by atoms with Crippen molar-refractivity contribution in [2.75, 3.05) is 39.5 Å². The fourth-order valence-electron chi connectivity index (χ4n) is 3.04. The summed E-state index contributed by atoms with van der Waals surface area (Å²) in [6, 6.07) is 0.719. The zero-order valence-electron chi connectivity index (χ0n) is 13.5. The SMILES string of the molecule is CC(C)(C)NCC1(CN(CCO)C2CC2)CCOCC1. The third kappa shape index (κ3) is 4.99. The first-order valence-corrected chi connectivity index (χ1v) is 8.12. The molecule has 0 spiro atoms. The second-order valence-electron chi connectivity index (χ2n) is 7.64. The largest absolute Gasteiger partial charge is 0.395 e. The quantitative estimate of drug-likeness (QED) is 0.746. The molecule has 1 heterocycles. The maximum absolute atomic E-state index is 9.30. The van der Waals surface area contributed by atoms with Gasteiger partial charge in [-0.3, -0.25) is 4.90 Å². The van der Waals surface area contributed by atoms with Crippen molar-refractivity contribution in [2.45, 2.75) is 58.0 Å². The van der Waals surface area contributed by atoms with Gasteiger partial charge in [0, 0.05) is 44.4 Å². The van der Waals surface area contributed by atoms with Crippen LogP contribution in [0.4, 0.5) is 0 Å². The topological polar surface area (TPSA) is 44.7 Å². The molecule has 0 aromatic heterocycles. The molecule has 1 saturated carbocycles. The lowest BCUT2D eigenvalue weighted by atomic mass is 9.79. The Morgan fingerprint density at radius 3 is 2.40 bits per heavy atom. The lowest BCUT2D eigenvalue weighted by molar-refractivity contribution is -0.0107. The summed E-state index contributed by atoms with van der Waals surface area (Å²) in [5.41, 5.74) is 0.468. The molecule has 0 radical (unpaired) electrons. The monoisotopic (exact) mass is 284 g/mol.